The lowest BCUT2D eigenvalue weighted by molar-refractivity contribution is 0.192. The van der Waals surface area contributed by atoms with E-state index in [9.17, 15) is 9.18 Å². The zero-order valence-electron chi connectivity index (χ0n) is 8.75. The number of amides is 1. The molecule has 2 N–H and O–H groups in total. The summed E-state index contributed by atoms with van der Waals surface area (Å²) >= 11 is 0. The van der Waals surface area contributed by atoms with E-state index >= 15 is 0 Å². The van der Waals surface area contributed by atoms with E-state index in [1.54, 1.807) is 12.1 Å². The van der Waals surface area contributed by atoms with Crippen LogP contribution >= 0.6 is 0 Å². The van der Waals surface area contributed by atoms with Crippen LogP contribution in [0.5, 0.6) is 0 Å². The van der Waals surface area contributed by atoms with E-state index in [-0.39, 0.29) is 12.4 Å². The van der Waals surface area contributed by atoms with Gasteiger partial charge in [-0.15, -0.1) is 0 Å². The van der Waals surface area contributed by atoms with E-state index < -0.39 is 11.5 Å². The van der Waals surface area contributed by atoms with Gasteiger partial charge in [0.1, 0.15) is 5.82 Å². The molecule has 0 saturated heterocycles. The van der Waals surface area contributed by atoms with Crippen LogP contribution in [0.15, 0.2) is 24.3 Å². The van der Waals surface area contributed by atoms with Gasteiger partial charge in [-0.25, -0.2) is 9.18 Å². The predicted octanol–water partition coefficient (Wildman–Crippen LogP) is 2.37. The highest BCUT2D eigenvalue weighted by molar-refractivity contribution is 5.64. The minimum Gasteiger partial charge on any atom is -0.465 e. The monoisotopic (exact) mass is 211 g/mol. The smallest absolute Gasteiger partial charge is 0.404 e. The Morgan fingerprint density at radius 1 is 1.53 bits per heavy atom. The van der Waals surface area contributed by atoms with Crippen molar-refractivity contribution >= 4 is 6.09 Å². The molecule has 0 atom stereocenters. The van der Waals surface area contributed by atoms with Gasteiger partial charge >= 0.3 is 6.09 Å². The largest absolute Gasteiger partial charge is 0.465 e. The molecule has 1 amide bonds. The zero-order valence-corrected chi connectivity index (χ0v) is 8.75. The number of benzene rings is 1. The average Bonchev–Trinajstić information content (AvgIpc) is 2.15. The van der Waals surface area contributed by atoms with Crippen molar-refractivity contribution in [2.24, 2.45) is 0 Å². The first-order valence-electron chi connectivity index (χ1n) is 4.65. The van der Waals surface area contributed by atoms with Crippen molar-refractivity contribution < 1.29 is 14.3 Å². The molecule has 82 valence electrons. The molecular weight excluding hydrogens is 197 g/mol. The van der Waals surface area contributed by atoms with Crippen molar-refractivity contribution in [2.45, 2.75) is 19.3 Å². The topological polar surface area (TPSA) is 49.3 Å². The summed E-state index contributed by atoms with van der Waals surface area (Å²) in [6.07, 6.45) is -1.07. The zero-order chi connectivity index (χ0) is 11.5. The van der Waals surface area contributed by atoms with Crippen LogP contribution in [0, 0.1) is 5.82 Å². The van der Waals surface area contributed by atoms with E-state index in [0.717, 1.165) is 5.56 Å². The fourth-order valence-corrected chi connectivity index (χ4v) is 1.31. The summed E-state index contributed by atoms with van der Waals surface area (Å²) in [6, 6.07) is 6.19. The molecule has 0 heterocycles. The Morgan fingerprint density at radius 2 is 2.20 bits per heavy atom. The molecule has 0 saturated carbocycles. The second-order valence-corrected chi connectivity index (χ2v) is 4.05. The molecule has 3 nitrogen and oxygen atoms in total. The van der Waals surface area contributed by atoms with Crippen molar-refractivity contribution in [3.05, 3.63) is 35.6 Å². The van der Waals surface area contributed by atoms with E-state index in [1.807, 2.05) is 13.8 Å². The predicted molar refractivity (Wildman–Crippen MR) is 55.5 cm³/mol. The van der Waals surface area contributed by atoms with Crippen molar-refractivity contribution in [1.82, 2.24) is 5.32 Å². The third-order valence-corrected chi connectivity index (χ3v) is 2.29. The quantitative estimate of drug-likeness (QED) is 0.806. The second kappa shape index (κ2) is 4.29. The lowest BCUT2D eigenvalue weighted by Gasteiger charge is -2.24. The number of halogens is 1. The Hall–Kier alpha value is -1.58. The van der Waals surface area contributed by atoms with Gasteiger partial charge in [-0.2, -0.15) is 0 Å². The van der Waals surface area contributed by atoms with Gasteiger partial charge < -0.3 is 10.4 Å². The first kappa shape index (κ1) is 11.5. The van der Waals surface area contributed by atoms with Gasteiger partial charge in [0.25, 0.3) is 0 Å². The molecule has 0 unspecified atom stereocenters. The molecule has 0 radical (unpaired) electrons. The number of carbonyl (C=O) groups is 1. The summed E-state index contributed by atoms with van der Waals surface area (Å²) in [5.74, 6) is -0.309. The van der Waals surface area contributed by atoms with E-state index in [2.05, 4.69) is 5.32 Å². The maximum absolute atomic E-state index is 13.0. The number of nitrogens with one attached hydrogen (secondary N) is 1. The highest BCUT2D eigenvalue weighted by Gasteiger charge is 2.21. The molecule has 1 rings (SSSR count). The van der Waals surface area contributed by atoms with E-state index in [1.165, 1.54) is 12.1 Å². The third-order valence-electron chi connectivity index (χ3n) is 2.29. The average molecular weight is 211 g/mol. The summed E-state index contributed by atoms with van der Waals surface area (Å²) in [7, 11) is 0. The van der Waals surface area contributed by atoms with Gasteiger partial charge in [0, 0.05) is 12.0 Å². The molecule has 15 heavy (non-hydrogen) atoms. The Bertz CT molecular complexity index is 363. The Morgan fingerprint density at radius 3 is 2.73 bits per heavy atom. The van der Waals surface area contributed by atoms with Crippen molar-refractivity contribution in [2.75, 3.05) is 6.54 Å². The Labute approximate surface area is 87.9 Å². The number of hydrogen-bond donors (Lipinski definition) is 2. The van der Waals surface area contributed by atoms with Crippen molar-refractivity contribution in [3.8, 4) is 0 Å². The van der Waals surface area contributed by atoms with Gasteiger partial charge in [-0.05, 0) is 17.7 Å². The molecule has 0 aromatic heterocycles. The summed E-state index contributed by atoms with van der Waals surface area (Å²) in [5, 5.41) is 10.8. The summed E-state index contributed by atoms with van der Waals surface area (Å²) in [6.45, 7) is 3.97. The van der Waals surface area contributed by atoms with Crippen LogP contribution in [0.3, 0.4) is 0 Å². The molecule has 0 spiro atoms. The summed E-state index contributed by atoms with van der Waals surface area (Å²) in [5.41, 5.74) is 0.358. The highest BCUT2D eigenvalue weighted by Crippen LogP contribution is 2.22. The van der Waals surface area contributed by atoms with Crippen LogP contribution < -0.4 is 5.32 Å². The number of rotatable bonds is 3. The van der Waals surface area contributed by atoms with Gasteiger partial charge in [-0.3, -0.25) is 0 Å². The minimum absolute atomic E-state index is 0.256. The molecule has 0 aliphatic rings. The Kier molecular flexibility index (Phi) is 3.29. The van der Waals surface area contributed by atoms with Gasteiger partial charge in [0.2, 0.25) is 0 Å². The second-order valence-electron chi connectivity index (χ2n) is 4.05. The molecular formula is C11H14FNO2. The third kappa shape index (κ3) is 3.23. The van der Waals surface area contributed by atoms with Crippen molar-refractivity contribution in [3.63, 3.8) is 0 Å². The number of hydrogen-bond acceptors (Lipinski definition) is 1. The summed E-state index contributed by atoms with van der Waals surface area (Å²) in [4.78, 5) is 10.4. The van der Waals surface area contributed by atoms with E-state index in [4.69, 9.17) is 5.11 Å². The molecule has 1 aromatic carbocycles. The van der Waals surface area contributed by atoms with Gasteiger partial charge in [0.15, 0.2) is 0 Å². The van der Waals surface area contributed by atoms with Crippen LogP contribution in [-0.4, -0.2) is 17.7 Å². The molecule has 0 fully saturated rings. The summed E-state index contributed by atoms with van der Waals surface area (Å²) < 4.78 is 13.0. The molecule has 1 aromatic rings. The van der Waals surface area contributed by atoms with Crippen LogP contribution in [0.25, 0.3) is 0 Å². The first-order chi connectivity index (χ1) is 6.92. The normalized spacial score (nSPS) is 11.1. The first-order valence-corrected chi connectivity index (χ1v) is 4.65. The fourth-order valence-electron chi connectivity index (χ4n) is 1.31. The van der Waals surface area contributed by atoms with Gasteiger partial charge in [0.05, 0.1) is 0 Å². The molecule has 0 aliphatic carbocycles. The van der Waals surface area contributed by atoms with E-state index in [0.29, 0.717) is 0 Å². The highest BCUT2D eigenvalue weighted by atomic mass is 19.1. The fraction of sp³-hybridized carbons (Fsp3) is 0.364. The maximum atomic E-state index is 13.0. The van der Waals surface area contributed by atoms with Gasteiger partial charge in [-0.1, -0.05) is 26.0 Å². The number of carboxylic acid groups (broad SMARTS) is 1. The SMILES string of the molecule is CC(C)(CNC(=O)O)c1cccc(F)c1. The van der Waals surface area contributed by atoms with Crippen LogP contribution in [-0.2, 0) is 5.41 Å². The lowest BCUT2D eigenvalue weighted by atomic mass is 9.84. The van der Waals surface area contributed by atoms with Crippen LogP contribution in [0.2, 0.25) is 0 Å². The van der Waals surface area contributed by atoms with Crippen molar-refractivity contribution in [1.29, 1.82) is 0 Å². The maximum Gasteiger partial charge on any atom is 0.404 e. The molecule has 4 heteroatoms. The standard InChI is InChI=1S/C11H14FNO2/c1-11(2,7-13-10(14)15)8-4-3-5-9(12)6-8/h3-6,13H,7H2,1-2H3,(H,14,15). The minimum atomic E-state index is -1.07. The molecule has 0 aliphatic heterocycles. The van der Waals surface area contributed by atoms with Crippen LogP contribution in [0.1, 0.15) is 19.4 Å². The Balaban J connectivity index is 2.80. The molecule has 0 bridgehead atoms. The van der Waals surface area contributed by atoms with Crippen LogP contribution in [0.4, 0.5) is 9.18 Å². The lowest BCUT2D eigenvalue weighted by Crippen LogP contribution is -2.35.